The maximum absolute atomic E-state index is 12.7. The lowest BCUT2D eigenvalue weighted by Gasteiger charge is -2.04. The van der Waals surface area contributed by atoms with Gasteiger partial charge in [-0.15, -0.1) is 0 Å². The second-order valence-corrected chi connectivity index (χ2v) is 5.19. The maximum atomic E-state index is 12.7. The summed E-state index contributed by atoms with van der Waals surface area (Å²) < 4.78 is 39.5. The van der Waals surface area contributed by atoms with Crippen LogP contribution in [0.4, 0.5) is 13.2 Å². The largest absolute Gasteiger partial charge is 0.431 e. The second kappa shape index (κ2) is 5.45. The molecule has 0 bridgehead atoms. The molecule has 23 heavy (non-hydrogen) atoms. The molecule has 0 unspecified atom stereocenters. The Bertz CT molecular complexity index is 863. The average Bonchev–Trinajstić information content (AvgIpc) is 3.09. The summed E-state index contributed by atoms with van der Waals surface area (Å²) in [6, 6.07) is 5.91. The summed E-state index contributed by atoms with van der Waals surface area (Å²) in [4.78, 5) is 14.2. The fourth-order valence-corrected chi connectivity index (χ4v) is 2.27. The van der Waals surface area contributed by atoms with Crippen LogP contribution in [0.15, 0.2) is 36.7 Å². The quantitative estimate of drug-likeness (QED) is 0.779. The van der Waals surface area contributed by atoms with Crippen molar-refractivity contribution in [3.05, 3.63) is 53.5 Å². The zero-order valence-electron chi connectivity index (χ0n) is 12.1. The number of nitrogens with one attached hydrogen (secondary N) is 2. The number of aromatic amines is 1. The predicted octanol–water partition coefficient (Wildman–Crippen LogP) is 2.85. The van der Waals surface area contributed by atoms with Crippen LogP contribution in [0.2, 0.25) is 0 Å². The molecule has 120 valence electrons. The van der Waals surface area contributed by atoms with E-state index < -0.39 is 11.9 Å². The number of hydrogen-bond donors (Lipinski definition) is 2. The zero-order chi connectivity index (χ0) is 16.6. The van der Waals surface area contributed by atoms with Gasteiger partial charge in [0.2, 0.25) is 0 Å². The van der Waals surface area contributed by atoms with Gasteiger partial charge in [-0.1, -0.05) is 6.07 Å². The van der Waals surface area contributed by atoms with E-state index in [0.717, 1.165) is 6.07 Å². The number of amides is 1. The number of carbonyl (C=O) groups is 1. The molecule has 0 aliphatic carbocycles. The van der Waals surface area contributed by atoms with Gasteiger partial charge in [-0.25, -0.2) is 0 Å². The van der Waals surface area contributed by atoms with Crippen molar-refractivity contribution >= 4 is 16.8 Å². The molecule has 0 saturated carbocycles. The van der Waals surface area contributed by atoms with E-state index in [1.165, 1.54) is 10.9 Å². The van der Waals surface area contributed by atoms with Gasteiger partial charge in [0.1, 0.15) is 5.69 Å². The molecule has 0 aliphatic rings. The second-order valence-electron chi connectivity index (χ2n) is 5.19. The molecule has 0 saturated heterocycles. The Balaban J connectivity index is 1.74. The van der Waals surface area contributed by atoms with E-state index in [9.17, 15) is 18.0 Å². The number of benzene rings is 1. The Morgan fingerprint density at radius 1 is 1.35 bits per heavy atom. The van der Waals surface area contributed by atoms with Crippen molar-refractivity contribution < 1.29 is 18.0 Å². The van der Waals surface area contributed by atoms with Crippen LogP contribution in [0.1, 0.15) is 21.6 Å². The van der Waals surface area contributed by atoms with Crippen molar-refractivity contribution in [1.29, 1.82) is 0 Å². The molecular weight excluding hydrogens is 309 g/mol. The fraction of sp³-hybridized carbons (Fsp3) is 0.200. The lowest BCUT2D eigenvalue weighted by atomic mass is 10.1. The molecule has 2 N–H and O–H groups in total. The predicted molar refractivity (Wildman–Crippen MR) is 77.7 cm³/mol. The molecule has 0 spiro atoms. The van der Waals surface area contributed by atoms with Crippen molar-refractivity contribution in [3.63, 3.8) is 0 Å². The van der Waals surface area contributed by atoms with Gasteiger partial charge in [0.05, 0.1) is 11.8 Å². The van der Waals surface area contributed by atoms with Crippen LogP contribution >= 0.6 is 0 Å². The van der Waals surface area contributed by atoms with E-state index in [1.807, 2.05) is 0 Å². The number of alkyl halides is 3. The summed E-state index contributed by atoms with van der Waals surface area (Å²) in [7, 11) is 1.70. The summed E-state index contributed by atoms with van der Waals surface area (Å²) in [5.74, 6) is -0.289. The summed E-state index contributed by atoms with van der Waals surface area (Å²) in [5.41, 5.74) is 0.751. The third-order valence-electron chi connectivity index (χ3n) is 3.41. The van der Waals surface area contributed by atoms with Crippen LogP contribution in [0.5, 0.6) is 0 Å². The molecule has 1 amide bonds. The fourth-order valence-electron chi connectivity index (χ4n) is 2.27. The van der Waals surface area contributed by atoms with Crippen LogP contribution in [-0.2, 0) is 19.8 Å². The van der Waals surface area contributed by atoms with Crippen LogP contribution in [0, 0.1) is 0 Å². The van der Waals surface area contributed by atoms with E-state index in [-0.39, 0.29) is 12.5 Å². The minimum atomic E-state index is -4.41. The Labute approximate surface area is 129 Å². The van der Waals surface area contributed by atoms with E-state index in [2.05, 4.69) is 15.4 Å². The molecule has 0 aliphatic heterocycles. The third-order valence-corrected chi connectivity index (χ3v) is 3.41. The van der Waals surface area contributed by atoms with E-state index in [4.69, 9.17) is 0 Å². The van der Waals surface area contributed by atoms with Gasteiger partial charge in [0.25, 0.3) is 5.91 Å². The van der Waals surface area contributed by atoms with Crippen molar-refractivity contribution in [2.45, 2.75) is 12.7 Å². The van der Waals surface area contributed by atoms with Crippen LogP contribution in [-0.4, -0.2) is 20.7 Å². The van der Waals surface area contributed by atoms with Crippen molar-refractivity contribution in [2.75, 3.05) is 0 Å². The third kappa shape index (κ3) is 3.20. The van der Waals surface area contributed by atoms with E-state index in [1.54, 1.807) is 31.4 Å². The maximum Gasteiger partial charge on any atom is 0.431 e. The SMILES string of the molecule is Cn1cc(C(=O)NCc2ccc3[nH]c(C(F)(F)F)cc3c2)cn1. The first-order valence-electron chi connectivity index (χ1n) is 6.78. The van der Waals surface area contributed by atoms with Crippen LogP contribution < -0.4 is 5.32 Å². The highest BCUT2D eigenvalue weighted by atomic mass is 19.4. The Morgan fingerprint density at radius 2 is 2.13 bits per heavy atom. The number of fused-ring (bicyclic) bond motifs is 1. The summed E-state index contributed by atoms with van der Waals surface area (Å²) in [6.07, 6.45) is -1.38. The lowest BCUT2D eigenvalue weighted by molar-refractivity contribution is -0.140. The highest BCUT2D eigenvalue weighted by molar-refractivity contribution is 5.93. The molecule has 0 fully saturated rings. The normalized spacial score (nSPS) is 11.8. The standard InChI is InChI=1S/C15H13F3N4O/c1-22-8-11(7-20-22)14(23)19-6-9-2-3-12-10(4-9)5-13(21-12)15(16,17)18/h2-5,7-8,21H,6H2,1H3,(H,19,23). The van der Waals surface area contributed by atoms with Gasteiger partial charge in [0.15, 0.2) is 0 Å². The highest BCUT2D eigenvalue weighted by Gasteiger charge is 2.32. The minimum absolute atomic E-state index is 0.218. The van der Waals surface area contributed by atoms with Gasteiger partial charge in [0, 0.05) is 30.7 Å². The molecule has 2 heterocycles. The molecule has 5 nitrogen and oxygen atoms in total. The Morgan fingerprint density at radius 3 is 2.78 bits per heavy atom. The average molecular weight is 322 g/mol. The topological polar surface area (TPSA) is 62.7 Å². The number of H-pyrrole nitrogens is 1. The molecule has 0 atom stereocenters. The number of nitrogens with zero attached hydrogens (tertiary/aromatic N) is 2. The number of carbonyl (C=O) groups excluding carboxylic acids is 1. The van der Waals surface area contributed by atoms with Crippen molar-refractivity contribution in [1.82, 2.24) is 20.1 Å². The van der Waals surface area contributed by atoms with E-state index >= 15 is 0 Å². The van der Waals surface area contributed by atoms with Gasteiger partial charge >= 0.3 is 6.18 Å². The zero-order valence-corrected chi connectivity index (χ0v) is 12.1. The molecule has 0 radical (unpaired) electrons. The van der Waals surface area contributed by atoms with Crippen molar-refractivity contribution in [2.24, 2.45) is 7.05 Å². The lowest BCUT2D eigenvalue weighted by Crippen LogP contribution is -2.22. The molecule has 3 aromatic rings. The summed E-state index contributed by atoms with van der Waals surface area (Å²) in [5, 5.41) is 7.06. The van der Waals surface area contributed by atoms with Gasteiger partial charge in [-0.3, -0.25) is 9.48 Å². The van der Waals surface area contributed by atoms with Gasteiger partial charge in [-0.2, -0.15) is 18.3 Å². The van der Waals surface area contributed by atoms with Crippen LogP contribution in [0.3, 0.4) is 0 Å². The summed E-state index contributed by atoms with van der Waals surface area (Å²) >= 11 is 0. The first kappa shape index (κ1) is 15.1. The van der Waals surface area contributed by atoms with Gasteiger partial charge in [-0.05, 0) is 23.8 Å². The Hall–Kier alpha value is -2.77. The van der Waals surface area contributed by atoms with Gasteiger partial charge < -0.3 is 10.3 Å². The molecule has 1 aromatic carbocycles. The molecule has 2 aromatic heterocycles. The molecular formula is C15H13F3N4O. The molecule has 8 heteroatoms. The number of rotatable bonds is 3. The molecule has 3 rings (SSSR count). The monoisotopic (exact) mass is 322 g/mol. The first-order chi connectivity index (χ1) is 10.8. The number of aromatic nitrogens is 3. The van der Waals surface area contributed by atoms with E-state index in [0.29, 0.717) is 22.0 Å². The minimum Gasteiger partial charge on any atom is -0.351 e. The smallest absolute Gasteiger partial charge is 0.351 e. The number of aryl methyl sites for hydroxylation is 1. The van der Waals surface area contributed by atoms with Crippen LogP contribution in [0.25, 0.3) is 10.9 Å². The first-order valence-corrected chi connectivity index (χ1v) is 6.78. The number of halogens is 3. The Kier molecular flexibility index (Phi) is 3.59. The highest BCUT2D eigenvalue weighted by Crippen LogP contribution is 2.31. The summed E-state index contributed by atoms with van der Waals surface area (Å²) in [6.45, 7) is 0.218. The van der Waals surface area contributed by atoms with Crippen molar-refractivity contribution in [3.8, 4) is 0 Å². The number of hydrogen-bond acceptors (Lipinski definition) is 2.